The molecule has 0 saturated carbocycles. The molecule has 1 atom stereocenters. The summed E-state index contributed by atoms with van der Waals surface area (Å²) in [5.74, 6) is 0.694. The fraction of sp³-hybridized carbons (Fsp3) is 0.455. The van der Waals surface area contributed by atoms with Crippen LogP contribution < -0.4 is 5.32 Å². The van der Waals surface area contributed by atoms with Gasteiger partial charge >= 0.3 is 0 Å². The lowest BCUT2D eigenvalue weighted by Crippen LogP contribution is -2.28. The van der Waals surface area contributed by atoms with Gasteiger partial charge in [0.1, 0.15) is 5.75 Å². The van der Waals surface area contributed by atoms with Crippen molar-refractivity contribution in [3.8, 4) is 5.75 Å². The topological polar surface area (TPSA) is 52.5 Å². The van der Waals surface area contributed by atoms with Crippen molar-refractivity contribution in [2.24, 2.45) is 0 Å². The van der Waals surface area contributed by atoms with Gasteiger partial charge in [0.2, 0.25) is 0 Å². The quantitative estimate of drug-likeness (QED) is 0.655. The first-order valence-corrected chi connectivity index (χ1v) is 4.94. The monoisotopic (exact) mass is 193 g/mol. The van der Waals surface area contributed by atoms with Crippen LogP contribution in [-0.4, -0.2) is 23.4 Å². The van der Waals surface area contributed by atoms with E-state index in [0.717, 1.165) is 25.1 Å². The standard InChI is InChI=1S/C11H15NO2/c13-4-3-8-6-12-7-9-5-10(14)1-2-11(8)9/h1-2,5,8,12-14H,3-4,6-7H2. The van der Waals surface area contributed by atoms with Gasteiger partial charge in [-0.2, -0.15) is 0 Å². The average molecular weight is 193 g/mol. The fourth-order valence-corrected chi connectivity index (χ4v) is 2.05. The molecule has 1 aromatic rings. The number of phenols is 1. The highest BCUT2D eigenvalue weighted by molar-refractivity contribution is 5.38. The summed E-state index contributed by atoms with van der Waals surface area (Å²) in [6.45, 7) is 1.94. The van der Waals surface area contributed by atoms with Crippen LogP contribution in [0.25, 0.3) is 0 Å². The minimum absolute atomic E-state index is 0.215. The summed E-state index contributed by atoms with van der Waals surface area (Å²) in [5.41, 5.74) is 2.41. The predicted molar refractivity (Wildman–Crippen MR) is 54.3 cm³/mol. The Bertz CT molecular complexity index is 325. The third kappa shape index (κ3) is 1.74. The first kappa shape index (κ1) is 9.49. The number of benzene rings is 1. The van der Waals surface area contributed by atoms with E-state index in [4.69, 9.17) is 5.11 Å². The summed E-state index contributed by atoms with van der Waals surface area (Å²) < 4.78 is 0. The molecule has 1 aliphatic rings. The van der Waals surface area contributed by atoms with Crippen molar-refractivity contribution in [3.05, 3.63) is 29.3 Å². The molecule has 0 aliphatic carbocycles. The fourth-order valence-electron chi connectivity index (χ4n) is 2.05. The highest BCUT2D eigenvalue weighted by Gasteiger charge is 2.19. The van der Waals surface area contributed by atoms with Gasteiger partial charge in [0, 0.05) is 19.7 Å². The van der Waals surface area contributed by atoms with E-state index in [1.165, 1.54) is 5.56 Å². The van der Waals surface area contributed by atoms with Crippen LogP contribution in [-0.2, 0) is 6.54 Å². The van der Waals surface area contributed by atoms with E-state index < -0.39 is 0 Å². The Morgan fingerprint density at radius 3 is 3.07 bits per heavy atom. The van der Waals surface area contributed by atoms with Crippen molar-refractivity contribution >= 4 is 0 Å². The molecule has 0 spiro atoms. The van der Waals surface area contributed by atoms with Crippen LogP contribution in [0.2, 0.25) is 0 Å². The van der Waals surface area contributed by atoms with E-state index in [1.807, 2.05) is 6.07 Å². The molecule has 0 radical (unpaired) electrons. The molecule has 0 fully saturated rings. The van der Waals surface area contributed by atoms with Crippen molar-refractivity contribution < 1.29 is 10.2 Å². The molecule has 1 unspecified atom stereocenters. The molecule has 0 saturated heterocycles. The van der Waals surface area contributed by atoms with Crippen LogP contribution in [0.5, 0.6) is 5.75 Å². The van der Waals surface area contributed by atoms with Crippen molar-refractivity contribution in [2.45, 2.75) is 18.9 Å². The van der Waals surface area contributed by atoms with Crippen LogP contribution >= 0.6 is 0 Å². The van der Waals surface area contributed by atoms with E-state index >= 15 is 0 Å². The summed E-state index contributed by atoms with van der Waals surface area (Å²) in [5, 5.41) is 21.5. The minimum atomic E-state index is 0.215. The molecule has 0 aromatic heterocycles. The van der Waals surface area contributed by atoms with Crippen molar-refractivity contribution in [3.63, 3.8) is 0 Å². The number of phenolic OH excluding ortho intramolecular Hbond substituents is 1. The van der Waals surface area contributed by atoms with Crippen LogP contribution in [0.1, 0.15) is 23.5 Å². The van der Waals surface area contributed by atoms with E-state index in [1.54, 1.807) is 12.1 Å². The summed E-state index contributed by atoms with van der Waals surface area (Å²) in [7, 11) is 0. The van der Waals surface area contributed by atoms with Crippen molar-refractivity contribution in [2.75, 3.05) is 13.2 Å². The Morgan fingerprint density at radius 2 is 2.29 bits per heavy atom. The number of aliphatic hydroxyl groups is 1. The molecule has 3 heteroatoms. The van der Waals surface area contributed by atoms with Crippen LogP contribution in [0, 0.1) is 0 Å². The first-order chi connectivity index (χ1) is 6.81. The molecule has 1 aromatic carbocycles. The number of rotatable bonds is 2. The maximum atomic E-state index is 9.33. The lowest BCUT2D eigenvalue weighted by Gasteiger charge is -2.25. The zero-order chi connectivity index (χ0) is 9.97. The van der Waals surface area contributed by atoms with Crippen molar-refractivity contribution in [1.82, 2.24) is 5.32 Å². The normalized spacial score (nSPS) is 20.5. The summed E-state index contributed by atoms with van der Waals surface area (Å²) in [4.78, 5) is 0. The minimum Gasteiger partial charge on any atom is -0.508 e. The Balaban J connectivity index is 2.30. The summed E-state index contributed by atoms with van der Waals surface area (Å²) in [6, 6.07) is 5.48. The molecule has 0 bridgehead atoms. The summed E-state index contributed by atoms with van der Waals surface area (Å²) >= 11 is 0. The molecule has 0 amide bonds. The molecule has 14 heavy (non-hydrogen) atoms. The van der Waals surface area contributed by atoms with E-state index in [0.29, 0.717) is 11.7 Å². The lowest BCUT2D eigenvalue weighted by atomic mass is 9.88. The van der Waals surface area contributed by atoms with Crippen molar-refractivity contribution in [1.29, 1.82) is 0 Å². The highest BCUT2D eigenvalue weighted by Crippen LogP contribution is 2.28. The number of aliphatic hydroxyl groups excluding tert-OH is 1. The van der Waals surface area contributed by atoms with Gasteiger partial charge in [-0.05, 0) is 35.6 Å². The zero-order valence-corrected chi connectivity index (χ0v) is 8.03. The number of hydrogen-bond donors (Lipinski definition) is 3. The van der Waals surface area contributed by atoms with Gasteiger partial charge in [0.05, 0.1) is 0 Å². The molecule has 1 heterocycles. The number of hydrogen-bond acceptors (Lipinski definition) is 3. The zero-order valence-electron chi connectivity index (χ0n) is 8.03. The second-order valence-electron chi connectivity index (χ2n) is 3.72. The van der Waals surface area contributed by atoms with Gasteiger partial charge in [0.15, 0.2) is 0 Å². The second kappa shape index (κ2) is 3.98. The maximum Gasteiger partial charge on any atom is 0.115 e. The Labute approximate surface area is 83.4 Å². The molecule has 3 N–H and O–H groups in total. The average Bonchev–Trinajstić information content (AvgIpc) is 2.18. The van der Waals surface area contributed by atoms with Gasteiger partial charge in [-0.15, -0.1) is 0 Å². The summed E-state index contributed by atoms with van der Waals surface area (Å²) in [6.07, 6.45) is 0.783. The first-order valence-electron chi connectivity index (χ1n) is 4.94. The van der Waals surface area contributed by atoms with Crippen LogP contribution in [0.4, 0.5) is 0 Å². The third-order valence-electron chi connectivity index (χ3n) is 2.75. The van der Waals surface area contributed by atoms with Gasteiger partial charge in [0.25, 0.3) is 0 Å². The number of aromatic hydroxyl groups is 1. The van der Waals surface area contributed by atoms with Crippen LogP contribution in [0.15, 0.2) is 18.2 Å². The van der Waals surface area contributed by atoms with E-state index in [-0.39, 0.29) is 6.61 Å². The molecular weight excluding hydrogens is 178 g/mol. The smallest absolute Gasteiger partial charge is 0.115 e. The highest BCUT2D eigenvalue weighted by atomic mass is 16.3. The van der Waals surface area contributed by atoms with Gasteiger partial charge < -0.3 is 15.5 Å². The van der Waals surface area contributed by atoms with Gasteiger partial charge in [-0.1, -0.05) is 6.07 Å². The molecular formula is C11H15NO2. The Morgan fingerprint density at radius 1 is 1.43 bits per heavy atom. The predicted octanol–water partition coefficient (Wildman–Crippen LogP) is 0.961. The SMILES string of the molecule is OCCC1CNCc2cc(O)ccc21. The maximum absolute atomic E-state index is 9.33. The molecule has 76 valence electrons. The lowest BCUT2D eigenvalue weighted by molar-refractivity contribution is 0.271. The number of fused-ring (bicyclic) bond motifs is 1. The Hall–Kier alpha value is -1.06. The Kier molecular flexibility index (Phi) is 2.70. The largest absolute Gasteiger partial charge is 0.508 e. The third-order valence-corrected chi connectivity index (χ3v) is 2.75. The van der Waals surface area contributed by atoms with E-state index in [9.17, 15) is 5.11 Å². The van der Waals surface area contributed by atoms with Gasteiger partial charge in [-0.25, -0.2) is 0 Å². The van der Waals surface area contributed by atoms with E-state index in [2.05, 4.69) is 5.32 Å². The molecule has 1 aliphatic heterocycles. The van der Waals surface area contributed by atoms with Crippen LogP contribution in [0.3, 0.4) is 0 Å². The second-order valence-corrected chi connectivity index (χ2v) is 3.72. The number of nitrogens with one attached hydrogen (secondary N) is 1. The molecule has 2 rings (SSSR count). The van der Waals surface area contributed by atoms with Gasteiger partial charge in [-0.3, -0.25) is 0 Å². The molecule has 3 nitrogen and oxygen atoms in total.